The second kappa shape index (κ2) is 6.01. The number of hydrogen-bond acceptors (Lipinski definition) is 2. The van der Waals surface area contributed by atoms with Crippen LogP contribution in [0.1, 0.15) is 12.5 Å². The first-order valence-corrected chi connectivity index (χ1v) is 5.22. The quantitative estimate of drug-likeness (QED) is 0.681. The van der Waals surface area contributed by atoms with Gasteiger partial charge in [-0.2, -0.15) is 0 Å². The summed E-state index contributed by atoms with van der Waals surface area (Å²) in [6, 6.07) is 5.89. The van der Waals surface area contributed by atoms with Gasteiger partial charge < -0.3 is 9.47 Å². The Morgan fingerprint density at radius 1 is 1.38 bits per heavy atom. The van der Waals surface area contributed by atoms with Crippen molar-refractivity contribution in [2.75, 3.05) is 13.7 Å². The minimum Gasteiger partial charge on any atom is -0.493 e. The predicted molar refractivity (Wildman–Crippen MR) is 67.2 cm³/mol. The van der Waals surface area contributed by atoms with E-state index in [1.54, 1.807) is 7.11 Å². The summed E-state index contributed by atoms with van der Waals surface area (Å²) in [5, 5.41) is 0. The highest BCUT2D eigenvalue weighted by atomic mass is 16.5. The molecule has 0 atom stereocenters. The summed E-state index contributed by atoms with van der Waals surface area (Å²) >= 11 is 0. The van der Waals surface area contributed by atoms with Gasteiger partial charge in [0.25, 0.3) is 0 Å². The van der Waals surface area contributed by atoms with Crippen LogP contribution in [0.4, 0.5) is 0 Å². The molecule has 1 rings (SSSR count). The van der Waals surface area contributed by atoms with Crippen molar-refractivity contribution >= 4 is 0 Å². The molecule has 0 aliphatic rings. The molecule has 1 aromatic carbocycles. The van der Waals surface area contributed by atoms with Crippen LogP contribution in [0.15, 0.2) is 43.0 Å². The van der Waals surface area contributed by atoms with E-state index in [0.717, 1.165) is 29.1 Å². The van der Waals surface area contributed by atoms with Gasteiger partial charge >= 0.3 is 0 Å². The summed E-state index contributed by atoms with van der Waals surface area (Å²) in [5.41, 5.74) is 2.14. The van der Waals surface area contributed by atoms with E-state index in [1.165, 1.54) is 0 Å². The fourth-order valence-electron chi connectivity index (χ4n) is 1.33. The largest absolute Gasteiger partial charge is 0.493 e. The van der Waals surface area contributed by atoms with Crippen molar-refractivity contribution in [2.24, 2.45) is 0 Å². The van der Waals surface area contributed by atoms with Crippen LogP contribution < -0.4 is 9.47 Å². The highest BCUT2D eigenvalue weighted by Gasteiger charge is 2.05. The Kier molecular flexibility index (Phi) is 4.65. The van der Waals surface area contributed by atoms with E-state index in [9.17, 15) is 0 Å². The van der Waals surface area contributed by atoms with Crippen LogP contribution in [-0.4, -0.2) is 13.7 Å². The zero-order valence-corrected chi connectivity index (χ0v) is 9.95. The lowest BCUT2D eigenvalue weighted by Gasteiger charge is -2.11. The smallest absolute Gasteiger partial charge is 0.161 e. The minimum atomic E-state index is 0.508. The molecular weight excluding hydrogens is 200 g/mol. The third-order valence-corrected chi connectivity index (χ3v) is 2.08. The third-order valence-electron chi connectivity index (χ3n) is 2.08. The molecule has 0 saturated heterocycles. The molecule has 0 saturated carbocycles. The van der Waals surface area contributed by atoms with Gasteiger partial charge in [-0.05, 0) is 36.6 Å². The molecule has 16 heavy (non-hydrogen) atoms. The van der Waals surface area contributed by atoms with Gasteiger partial charge in [0, 0.05) is 0 Å². The Morgan fingerprint density at radius 2 is 2.12 bits per heavy atom. The van der Waals surface area contributed by atoms with Gasteiger partial charge in [-0.1, -0.05) is 18.7 Å². The van der Waals surface area contributed by atoms with Gasteiger partial charge in [0.05, 0.1) is 7.11 Å². The maximum absolute atomic E-state index is 5.62. The highest BCUT2D eigenvalue weighted by molar-refractivity contribution is 5.43. The number of methoxy groups -OCH3 is 1. The van der Waals surface area contributed by atoms with E-state index in [2.05, 4.69) is 13.2 Å². The molecule has 0 heterocycles. The number of rotatable bonds is 6. The molecule has 0 aliphatic heterocycles. The van der Waals surface area contributed by atoms with Crippen LogP contribution in [-0.2, 0) is 6.42 Å². The fraction of sp³-hybridized carbons (Fsp3) is 0.286. The van der Waals surface area contributed by atoms with E-state index in [4.69, 9.17) is 9.47 Å². The van der Waals surface area contributed by atoms with Crippen LogP contribution in [0.5, 0.6) is 11.5 Å². The fourth-order valence-corrected chi connectivity index (χ4v) is 1.33. The molecule has 0 aromatic heterocycles. The third kappa shape index (κ3) is 3.46. The monoisotopic (exact) mass is 218 g/mol. The number of allylic oxidation sites excluding steroid dienone is 1. The molecule has 0 aliphatic carbocycles. The van der Waals surface area contributed by atoms with Gasteiger partial charge in [0.15, 0.2) is 11.5 Å². The SMILES string of the molecule is C=CCc1ccc(OC)c(OCC(=C)C)c1. The van der Waals surface area contributed by atoms with Crippen molar-refractivity contribution in [3.05, 3.63) is 48.6 Å². The molecule has 0 N–H and O–H groups in total. The van der Waals surface area contributed by atoms with Crippen molar-refractivity contribution < 1.29 is 9.47 Å². The van der Waals surface area contributed by atoms with E-state index in [-0.39, 0.29) is 0 Å². The maximum Gasteiger partial charge on any atom is 0.161 e. The summed E-state index contributed by atoms with van der Waals surface area (Å²) < 4.78 is 10.8. The molecular formula is C14H18O2. The Hall–Kier alpha value is -1.70. The van der Waals surface area contributed by atoms with Crippen LogP contribution in [0, 0.1) is 0 Å². The molecule has 0 fully saturated rings. The van der Waals surface area contributed by atoms with Gasteiger partial charge in [-0.25, -0.2) is 0 Å². The first kappa shape index (κ1) is 12.4. The van der Waals surface area contributed by atoms with Gasteiger partial charge in [0.2, 0.25) is 0 Å². The lowest BCUT2D eigenvalue weighted by Crippen LogP contribution is -2.00. The van der Waals surface area contributed by atoms with Crippen LogP contribution in [0.2, 0.25) is 0 Å². The molecule has 2 nitrogen and oxygen atoms in total. The summed E-state index contributed by atoms with van der Waals surface area (Å²) in [6.07, 6.45) is 2.69. The maximum atomic E-state index is 5.62. The minimum absolute atomic E-state index is 0.508. The van der Waals surface area contributed by atoms with E-state index in [1.807, 2.05) is 31.2 Å². The van der Waals surface area contributed by atoms with Gasteiger partial charge in [-0.3, -0.25) is 0 Å². The van der Waals surface area contributed by atoms with Crippen molar-refractivity contribution in [1.82, 2.24) is 0 Å². The Labute approximate surface area is 97.2 Å². The number of ether oxygens (including phenoxy) is 2. The zero-order valence-electron chi connectivity index (χ0n) is 9.95. The number of benzene rings is 1. The molecule has 0 amide bonds. The topological polar surface area (TPSA) is 18.5 Å². The van der Waals surface area contributed by atoms with Crippen molar-refractivity contribution in [2.45, 2.75) is 13.3 Å². The first-order valence-electron chi connectivity index (χ1n) is 5.22. The molecule has 0 radical (unpaired) electrons. The molecule has 0 spiro atoms. The molecule has 0 bridgehead atoms. The first-order chi connectivity index (χ1) is 7.67. The highest BCUT2D eigenvalue weighted by Crippen LogP contribution is 2.28. The zero-order chi connectivity index (χ0) is 12.0. The molecule has 0 unspecified atom stereocenters. The van der Waals surface area contributed by atoms with Crippen LogP contribution >= 0.6 is 0 Å². The summed E-state index contributed by atoms with van der Waals surface area (Å²) in [6.45, 7) is 9.96. The van der Waals surface area contributed by atoms with Crippen molar-refractivity contribution in [3.8, 4) is 11.5 Å². The standard InChI is InChI=1S/C14H18O2/c1-5-6-12-7-8-13(15-4)14(9-12)16-10-11(2)3/h5,7-9H,1-2,6,10H2,3-4H3. The average molecular weight is 218 g/mol. The van der Waals surface area contributed by atoms with Crippen LogP contribution in [0.3, 0.4) is 0 Å². The van der Waals surface area contributed by atoms with E-state index in [0.29, 0.717) is 6.61 Å². The van der Waals surface area contributed by atoms with Gasteiger partial charge in [-0.15, -0.1) is 6.58 Å². The van der Waals surface area contributed by atoms with E-state index >= 15 is 0 Å². The lowest BCUT2D eigenvalue weighted by molar-refractivity contribution is 0.319. The Bertz CT molecular complexity index is 380. The van der Waals surface area contributed by atoms with Crippen LogP contribution in [0.25, 0.3) is 0 Å². The average Bonchev–Trinajstić information content (AvgIpc) is 2.27. The number of hydrogen-bond donors (Lipinski definition) is 0. The summed E-state index contributed by atoms with van der Waals surface area (Å²) in [4.78, 5) is 0. The van der Waals surface area contributed by atoms with Crippen molar-refractivity contribution in [1.29, 1.82) is 0 Å². The lowest BCUT2D eigenvalue weighted by atomic mass is 10.1. The summed E-state index contributed by atoms with van der Waals surface area (Å²) in [5.74, 6) is 1.50. The molecule has 1 aromatic rings. The molecule has 86 valence electrons. The Balaban J connectivity index is 2.87. The summed E-state index contributed by atoms with van der Waals surface area (Å²) in [7, 11) is 1.64. The normalized spacial score (nSPS) is 9.62. The van der Waals surface area contributed by atoms with Crippen molar-refractivity contribution in [3.63, 3.8) is 0 Å². The molecule has 2 heteroatoms. The van der Waals surface area contributed by atoms with E-state index < -0.39 is 0 Å². The second-order valence-corrected chi connectivity index (χ2v) is 3.72. The van der Waals surface area contributed by atoms with Gasteiger partial charge in [0.1, 0.15) is 6.61 Å². The predicted octanol–water partition coefficient (Wildman–Crippen LogP) is 3.38. The second-order valence-electron chi connectivity index (χ2n) is 3.72. The Morgan fingerprint density at radius 3 is 2.69 bits per heavy atom.